The van der Waals surface area contributed by atoms with E-state index in [9.17, 15) is 9.59 Å². The van der Waals surface area contributed by atoms with Gasteiger partial charge in [0.2, 0.25) is 5.78 Å². The molecular formula is C21H24ClN5O2. The maximum atomic E-state index is 13.3. The van der Waals surface area contributed by atoms with Crippen molar-refractivity contribution in [1.82, 2.24) is 23.1 Å². The van der Waals surface area contributed by atoms with Gasteiger partial charge in [-0.2, -0.15) is 4.98 Å². The molecule has 1 aromatic carbocycles. The number of halogens is 1. The molecule has 0 atom stereocenters. The molecule has 0 radical (unpaired) electrons. The molecule has 3 heterocycles. The summed E-state index contributed by atoms with van der Waals surface area (Å²) in [7, 11) is 1.66. The molecule has 0 amide bonds. The van der Waals surface area contributed by atoms with Gasteiger partial charge in [-0.25, -0.2) is 4.79 Å². The van der Waals surface area contributed by atoms with Crippen LogP contribution in [0.5, 0.6) is 0 Å². The molecule has 0 aliphatic carbocycles. The van der Waals surface area contributed by atoms with Crippen LogP contribution in [0, 0.1) is 26.7 Å². The highest BCUT2D eigenvalue weighted by Crippen LogP contribution is 2.27. The summed E-state index contributed by atoms with van der Waals surface area (Å²) in [5.74, 6) is 0.757. The third-order valence-electron chi connectivity index (χ3n) is 5.48. The van der Waals surface area contributed by atoms with Crippen molar-refractivity contribution in [3.63, 3.8) is 0 Å². The molecule has 0 fully saturated rings. The SMILES string of the molecule is Cc1ccc(-n2c(C)c(C)n3c4c(=O)n(CC(C)C)c(=O)n(C)c4nc23)cc1Cl. The van der Waals surface area contributed by atoms with Gasteiger partial charge in [0, 0.05) is 30.0 Å². The Balaban J connectivity index is 2.16. The Morgan fingerprint density at radius 2 is 1.79 bits per heavy atom. The highest BCUT2D eigenvalue weighted by atomic mass is 35.5. The smallest absolute Gasteiger partial charge is 0.283 e. The Labute approximate surface area is 172 Å². The summed E-state index contributed by atoms with van der Waals surface area (Å²) in [4.78, 5) is 30.8. The maximum Gasteiger partial charge on any atom is 0.332 e. The van der Waals surface area contributed by atoms with Gasteiger partial charge in [-0.15, -0.1) is 0 Å². The van der Waals surface area contributed by atoms with Crippen molar-refractivity contribution in [2.24, 2.45) is 13.0 Å². The fourth-order valence-electron chi connectivity index (χ4n) is 3.81. The molecule has 0 aliphatic rings. The van der Waals surface area contributed by atoms with Crippen LogP contribution in [-0.4, -0.2) is 23.1 Å². The molecule has 152 valence electrons. The summed E-state index contributed by atoms with van der Waals surface area (Å²) < 4.78 is 6.57. The predicted molar refractivity (Wildman–Crippen MR) is 116 cm³/mol. The van der Waals surface area contributed by atoms with Crippen LogP contribution in [0.4, 0.5) is 0 Å². The van der Waals surface area contributed by atoms with Crippen LogP contribution in [0.15, 0.2) is 27.8 Å². The number of imidazole rings is 2. The Morgan fingerprint density at radius 1 is 1.10 bits per heavy atom. The largest absolute Gasteiger partial charge is 0.332 e. The summed E-state index contributed by atoms with van der Waals surface area (Å²) >= 11 is 6.35. The van der Waals surface area contributed by atoms with Crippen molar-refractivity contribution in [2.75, 3.05) is 0 Å². The fourth-order valence-corrected chi connectivity index (χ4v) is 3.98. The van der Waals surface area contributed by atoms with Crippen molar-refractivity contribution < 1.29 is 0 Å². The minimum absolute atomic E-state index is 0.170. The van der Waals surface area contributed by atoms with Crippen LogP contribution in [0.1, 0.15) is 30.8 Å². The average molecular weight is 414 g/mol. The summed E-state index contributed by atoms with van der Waals surface area (Å²) in [6, 6.07) is 5.82. The first-order valence-electron chi connectivity index (χ1n) is 9.59. The normalized spacial score (nSPS) is 12.0. The zero-order chi connectivity index (χ0) is 21.2. The summed E-state index contributed by atoms with van der Waals surface area (Å²) in [6.07, 6.45) is 0. The van der Waals surface area contributed by atoms with E-state index in [2.05, 4.69) is 0 Å². The molecule has 0 unspecified atom stereocenters. The standard InChI is InChI=1S/C21H24ClN5O2/c1-11(2)10-25-19(28)17-18(24(6)21(25)29)23-20-26(13(4)14(5)27(17)20)15-8-7-12(3)16(22)9-15/h7-9,11H,10H2,1-6H3. The zero-order valence-electron chi connectivity index (χ0n) is 17.4. The van der Waals surface area contributed by atoms with Crippen LogP contribution in [-0.2, 0) is 13.6 Å². The Hall–Kier alpha value is -2.80. The van der Waals surface area contributed by atoms with E-state index in [0.29, 0.717) is 28.5 Å². The number of benzene rings is 1. The highest BCUT2D eigenvalue weighted by Gasteiger charge is 2.23. The maximum absolute atomic E-state index is 13.3. The van der Waals surface area contributed by atoms with Crippen LogP contribution in [0.3, 0.4) is 0 Å². The van der Waals surface area contributed by atoms with Crippen LogP contribution < -0.4 is 11.2 Å². The lowest BCUT2D eigenvalue weighted by atomic mass is 10.2. The molecule has 4 rings (SSSR count). The third-order valence-corrected chi connectivity index (χ3v) is 5.89. The van der Waals surface area contributed by atoms with E-state index in [0.717, 1.165) is 22.6 Å². The van der Waals surface area contributed by atoms with Gasteiger partial charge in [-0.1, -0.05) is 31.5 Å². The molecule has 29 heavy (non-hydrogen) atoms. The first-order chi connectivity index (χ1) is 13.6. The van der Waals surface area contributed by atoms with E-state index >= 15 is 0 Å². The van der Waals surface area contributed by atoms with Gasteiger partial charge in [0.1, 0.15) is 0 Å². The third kappa shape index (κ3) is 2.75. The highest BCUT2D eigenvalue weighted by molar-refractivity contribution is 6.31. The molecule has 0 saturated carbocycles. The molecule has 7 nitrogen and oxygen atoms in total. The monoisotopic (exact) mass is 413 g/mol. The lowest BCUT2D eigenvalue weighted by Crippen LogP contribution is -2.40. The number of aromatic nitrogens is 5. The van der Waals surface area contributed by atoms with Crippen LogP contribution >= 0.6 is 11.6 Å². The molecular weight excluding hydrogens is 390 g/mol. The molecule has 0 bridgehead atoms. The van der Waals surface area contributed by atoms with Crippen molar-refractivity contribution in [1.29, 1.82) is 0 Å². The Morgan fingerprint density at radius 3 is 2.41 bits per heavy atom. The van der Waals surface area contributed by atoms with Crippen molar-refractivity contribution >= 4 is 28.5 Å². The predicted octanol–water partition coefficient (Wildman–Crippen LogP) is 3.37. The quantitative estimate of drug-likeness (QED) is 0.517. The van der Waals surface area contributed by atoms with E-state index < -0.39 is 0 Å². The molecule has 0 N–H and O–H groups in total. The van der Waals surface area contributed by atoms with Gasteiger partial charge in [0.15, 0.2) is 11.2 Å². The van der Waals surface area contributed by atoms with Gasteiger partial charge < -0.3 is 0 Å². The number of hydrogen-bond donors (Lipinski definition) is 0. The van der Waals surface area contributed by atoms with E-state index in [4.69, 9.17) is 16.6 Å². The fraction of sp³-hybridized carbons (Fsp3) is 0.381. The number of rotatable bonds is 3. The molecule has 0 aliphatic heterocycles. The Kier molecular flexibility index (Phi) is 4.46. The first kappa shape index (κ1) is 19.5. The van der Waals surface area contributed by atoms with Crippen molar-refractivity contribution in [3.8, 4) is 5.69 Å². The van der Waals surface area contributed by atoms with Gasteiger partial charge in [-0.05, 0) is 44.4 Å². The summed E-state index contributed by atoms with van der Waals surface area (Å²) in [5, 5.41) is 0.661. The van der Waals surface area contributed by atoms with Crippen molar-refractivity contribution in [3.05, 3.63) is 61.0 Å². The van der Waals surface area contributed by atoms with E-state index in [-0.39, 0.29) is 17.2 Å². The van der Waals surface area contributed by atoms with Gasteiger partial charge in [-0.3, -0.25) is 22.9 Å². The topological polar surface area (TPSA) is 66.2 Å². The summed E-state index contributed by atoms with van der Waals surface area (Å²) in [6.45, 7) is 10.2. The van der Waals surface area contributed by atoms with Gasteiger partial charge in [0.05, 0.1) is 5.69 Å². The van der Waals surface area contributed by atoms with Gasteiger partial charge >= 0.3 is 5.69 Å². The molecule has 0 saturated heterocycles. The molecule has 3 aromatic heterocycles. The van der Waals surface area contributed by atoms with E-state index in [1.165, 1.54) is 9.13 Å². The van der Waals surface area contributed by atoms with Crippen molar-refractivity contribution in [2.45, 2.75) is 41.2 Å². The number of fused-ring (bicyclic) bond motifs is 3. The average Bonchev–Trinajstić information content (AvgIpc) is 3.15. The Bertz CT molecular complexity index is 1400. The zero-order valence-corrected chi connectivity index (χ0v) is 18.2. The van der Waals surface area contributed by atoms with E-state index in [1.807, 2.05) is 61.8 Å². The van der Waals surface area contributed by atoms with E-state index in [1.54, 1.807) is 7.05 Å². The molecule has 0 spiro atoms. The van der Waals surface area contributed by atoms with Gasteiger partial charge in [0.25, 0.3) is 5.56 Å². The number of aryl methyl sites for hydroxylation is 3. The summed E-state index contributed by atoms with van der Waals surface area (Å²) in [5.41, 5.74) is 3.83. The second-order valence-electron chi connectivity index (χ2n) is 8.01. The second kappa shape index (κ2) is 6.62. The molecule has 8 heteroatoms. The second-order valence-corrected chi connectivity index (χ2v) is 8.42. The minimum Gasteiger partial charge on any atom is -0.283 e. The molecule has 4 aromatic rings. The number of hydrogen-bond acceptors (Lipinski definition) is 3. The lowest BCUT2D eigenvalue weighted by Gasteiger charge is -2.10. The number of nitrogens with zero attached hydrogens (tertiary/aromatic N) is 5. The minimum atomic E-state index is -0.351. The van der Waals surface area contributed by atoms with Crippen LogP contribution in [0.2, 0.25) is 5.02 Å². The lowest BCUT2D eigenvalue weighted by molar-refractivity contribution is 0.484. The first-order valence-corrected chi connectivity index (χ1v) is 9.97. The van der Waals surface area contributed by atoms with Crippen LogP contribution in [0.25, 0.3) is 22.6 Å².